The lowest BCUT2D eigenvalue weighted by Gasteiger charge is -2.37. The molecule has 0 radical (unpaired) electrons. The molecular formula is C22H18ClF2N3O4S. The fraction of sp³-hybridized carbons (Fsp3) is 0.136. The van der Waals surface area contributed by atoms with E-state index >= 15 is 0 Å². The molecule has 1 fully saturated rings. The first-order chi connectivity index (χ1) is 15.6. The molecule has 1 amide bonds. The van der Waals surface area contributed by atoms with Crippen molar-refractivity contribution in [2.75, 3.05) is 17.8 Å². The lowest BCUT2D eigenvalue weighted by Crippen LogP contribution is -2.57. The normalized spacial score (nSPS) is 14.1. The van der Waals surface area contributed by atoms with Crippen molar-refractivity contribution >= 4 is 33.2 Å². The molecular weight excluding hydrogens is 476 g/mol. The van der Waals surface area contributed by atoms with Crippen LogP contribution in [-0.4, -0.2) is 43.5 Å². The van der Waals surface area contributed by atoms with Gasteiger partial charge in [-0.25, -0.2) is 17.2 Å². The molecule has 7 nitrogen and oxygen atoms in total. The number of hydrogen-bond acceptors (Lipinski definition) is 5. The van der Waals surface area contributed by atoms with Crippen molar-refractivity contribution in [3.63, 3.8) is 0 Å². The van der Waals surface area contributed by atoms with E-state index in [-0.39, 0.29) is 22.2 Å². The topological polar surface area (TPSA) is 113 Å². The van der Waals surface area contributed by atoms with Gasteiger partial charge in [-0.05, 0) is 23.8 Å². The van der Waals surface area contributed by atoms with Crippen molar-refractivity contribution in [3.8, 4) is 16.9 Å². The van der Waals surface area contributed by atoms with E-state index in [1.165, 1.54) is 4.90 Å². The number of hydrogen-bond donors (Lipinski definition) is 3. The Morgan fingerprint density at radius 1 is 1.09 bits per heavy atom. The predicted molar refractivity (Wildman–Crippen MR) is 120 cm³/mol. The highest BCUT2D eigenvalue weighted by molar-refractivity contribution is 7.92. The Labute approximate surface area is 193 Å². The summed E-state index contributed by atoms with van der Waals surface area (Å²) < 4.78 is 56.8. The third-order valence-electron chi connectivity index (χ3n) is 5.15. The number of carbonyl (C=O) groups is 1. The molecule has 0 unspecified atom stereocenters. The van der Waals surface area contributed by atoms with Crippen molar-refractivity contribution in [1.82, 2.24) is 4.90 Å². The fourth-order valence-electron chi connectivity index (χ4n) is 3.43. The molecule has 3 aromatic rings. The maximum atomic E-state index is 14.4. The number of phenolic OH excluding ortho intramolecular Hbond substituents is 1. The van der Waals surface area contributed by atoms with Gasteiger partial charge >= 0.3 is 0 Å². The molecule has 172 valence electrons. The highest BCUT2D eigenvalue weighted by Gasteiger charge is 2.31. The molecule has 1 saturated heterocycles. The Hall–Kier alpha value is -3.21. The zero-order valence-corrected chi connectivity index (χ0v) is 18.5. The van der Waals surface area contributed by atoms with Gasteiger partial charge in [-0.1, -0.05) is 41.9 Å². The molecule has 0 atom stereocenters. The van der Waals surface area contributed by atoms with Crippen LogP contribution in [0.3, 0.4) is 0 Å². The average molecular weight is 494 g/mol. The highest BCUT2D eigenvalue weighted by Crippen LogP contribution is 2.35. The van der Waals surface area contributed by atoms with E-state index < -0.39 is 43.9 Å². The molecule has 33 heavy (non-hydrogen) atoms. The second-order valence-corrected chi connectivity index (χ2v) is 9.62. The van der Waals surface area contributed by atoms with Crippen LogP contribution < -0.4 is 10.5 Å². The van der Waals surface area contributed by atoms with Crippen LogP contribution in [0.25, 0.3) is 11.1 Å². The Morgan fingerprint density at radius 3 is 2.39 bits per heavy atom. The van der Waals surface area contributed by atoms with Gasteiger partial charge in [0.1, 0.15) is 16.5 Å². The number of nitrogens with two attached hydrogens (primary N) is 1. The minimum atomic E-state index is -4.62. The number of carbonyl (C=O) groups excluding carboxylic acids is 1. The van der Waals surface area contributed by atoms with E-state index in [2.05, 4.69) is 0 Å². The zero-order chi connectivity index (χ0) is 23.9. The minimum Gasteiger partial charge on any atom is -0.505 e. The quantitative estimate of drug-likeness (QED) is 0.503. The van der Waals surface area contributed by atoms with Gasteiger partial charge in [0.15, 0.2) is 5.75 Å². The van der Waals surface area contributed by atoms with Crippen LogP contribution in [0.15, 0.2) is 59.5 Å². The molecule has 4 N–H and O–H groups in total. The summed E-state index contributed by atoms with van der Waals surface area (Å²) >= 11 is 5.96. The predicted octanol–water partition coefficient (Wildman–Crippen LogP) is 3.57. The molecule has 1 heterocycles. The molecule has 1 aliphatic rings. The van der Waals surface area contributed by atoms with Crippen LogP contribution in [0.4, 0.5) is 14.5 Å². The SMILES string of the molecule is NC1CN(C(=O)c2cc(Cl)c(O)c(S(=O)(=O)Nc3cc(-c4ccccc4)c(F)cc3F)c2)C1. The summed E-state index contributed by atoms with van der Waals surface area (Å²) in [4.78, 5) is 13.2. The summed E-state index contributed by atoms with van der Waals surface area (Å²) in [5, 5.41) is 9.89. The molecule has 0 aromatic heterocycles. The number of rotatable bonds is 5. The Bertz CT molecular complexity index is 1350. The molecule has 0 bridgehead atoms. The van der Waals surface area contributed by atoms with E-state index in [0.717, 1.165) is 18.2 Å². The van der Waals surface area contributed by atoms with Crippen LogP contribution >= 0.6 is 11.6 Å². The van der Waals surface area contributed by atoms with E-state index in [0.29, 0.717) is 24.7 Å². The van der Waals surface area contributed by atoms with Crippen LogP contribution in [0.2, 0.25) is 5.02 Å². The average Bonchev–Trinajstić information content (AvgIpc) is 2.75. The number of likely N-dealkylation sites (tertiary alicyclic amines) is 1. The summed E-state index contributed by atoms with van der Waals surface area (Å²) in [6.07, 6.45) is 0. The number of anilines is 1. The lowest BCUT2D eigenvalue weighted by molar-refractivity contribution is 0.0608. The van der Waals surface area contributed by atoms with Gasteiger partial charge in [0.2, 0.25) is 0 Å². The summed E-state index contributed by atoms with van der Waals surface area (Å²) in [7, 11) is -4.62. The van der Waals surface area contributed by atoms with Crippen LogP contribution in [0.5, 0.6) is 5.75 Å². The van der Waals surface area contributed by atoms with Gasteiger partial charge in [-0.15, -0.1) is 0 Å². The largest absolute Gasteiger partial charge is 0.505 e. The van der Waals surface area contributed by atoms with E-state index in [1.807, 2.05) is 4.72 Å². The van der Waals surface area contributed by atoms with Gasteiger partial charge in [0, 0.05) is 36.3 Å². The number of nitrogens with zero attached hydrogens (tertiary/aromatic N) is 1. The van der Waals surface area contributed by atoms with Crippen molar-refractivity contribution in [2.24, 2.45) is 5.73 Å². The van der Waals surface area contributed by atoms with Crippen LogP contribution in [-0.2, 0) is 10.0 Å². The third-order valence-corrected chi connectivity index (χ3v) is 6.81. The third kappa shape index (κ3) is 4.50. The minimum absolute atomic E-state index is 0.0324. The first-order valence-corrected chi connectivity index (χ1v) is 11.6. The first-order valence-electron chi connectivity index (χ1n) is 9.71. The molecule has 11 heteroatoms. The summed E-state index contributed by atoms with van der Waals surface area (Å²) in [6.45, 7) is 0.585. The van der Waals surface area contributed by atoms with E-state index in [9.17, 15) is 27.1 Å². The van der Waals surface area contributed by atoms with Gasteiger partial charge in [-0.2, -0.15) is 0 Å². The molecule has 0 spiro atoms. The smallest absolute Gasteiger partial charge is 0.265 e. The second-order valence-electron chi connectivity index (χ2n) is 7.56. The number of benzene rings is 3. The Kier molecular flexibility index (Phi) is 6.00. The molecule has 3 aromatic carbocycles. The maximum Gasteiger partial charge on any atom is 0.265 e. The lowest BCUT2D eigenvalue weighted by atomic mass is 10.0. The molecule has 0 aliphatic carbocycles. The summed E-state index contributed by atoms with van der Waals surface area (Å²) in [5.74, 6) is -3.38. The van der Waals surface area contributed by atoms with Gasteiger partial charge in [0.05, 0.1) is 10.7 Å². The van der Waals surface area contributed by atoms with Gasteiger partial charge < -0.3 is 15.7 Å². The first kappa shape index (κ1) is 23.0. The second kappa shape index (κ2) is 8.62. The molecule has 4 rings (SSSR count). The number of amides is 1. The fourth-order valence-corrected chi connectivity index (χ4v) is 4.91. The van der Waals surface area contributed by atoms with E-state index in [4.69, 9.17) is 17.3 Å². The Morgan fingerprint density at radius 2 is 1.76 bits per heavy atom. The van der Waals surface area contributed by atoms with Gasteiger partial charge in [-0.3, -0.25) is 9.52 Å². The van der Waals surface area contributed by atoms with Crippen molar-refractivity contribution in [2.45, 2.75) is 10.9 Å². The van der Waals surface area contributed by atoms with Gasteiger partial charge in [0.25, 0.3) is 15.9 Å². The summed E-state index contributed by atoms with van der Waals surface area (Å²) in [5.41, 5.74) is 5.41. The number of aromatic hydroxyl groups is 1. The van der Waals surface area contributed by atoms with Crippen LogP contribution in [0, 0.1) is 11.6 Å². The number of phenols is 1. The number of sulfonamides is 1. The van der Waals surface area contributed by atoms with Crippen molar-refractivity contribution in [3.05, 3.63) is 76.8 Å². The molecule has 1 aliphatic heterocycles. The summed E-state index contributed by atoms with van der Waals surface area (Å²) in [6, 6.07) is 11.6. The molecule has 0 saturated carbocycles. The standard InChI is InChI=1S/C22H18ClF2N3O4S/c23-16-6-13(22(30)28-10-14(26)11-28)7-20(21(16)29)33(31,32)27-19-8-15(17(24)9-18(19)25)12-4-2-1-3-5-12/h1-9,14,27,29H,10-11,26H2. The van der Waals surface area contributed by atoms with Crippen molar-refractivity contribution in [1.29, 1.82) is 0 Å². The Balaban J connectivity index is 1.72. The maximum absolute atomic E-state index is 14.4. The van der Waals surface area contributed by atoms with Crippen LogP contribution in [0.1, 0.15) is 10.4 Å². The zero-order valence-electron chi connectivity index (χ0n) is 16.9. The number of nitrogens with one attached hydrogen (secondary N) is 1. The monoisotopic (exact) mass is 493 g/mol. The highest BCUT2D eigenvalue weighted by atomic mass is 35.5. The van der Waals surface area contributed by atoms with E-state index in [1.54, 1.807) is 30.3 Å². The number of halogens is 3. The van der Waals surface area contributed by atoms with Crippen molar-refractivity contribution < 1.29 is 27.1 Å².